The third-order valence-electron chi connectivity index (χ3n) is 3.95. The van der Waals surface area contributed by atoms with Gasteiger partial charge in [0.15, 0.2) is 4.34 Å². The summed E-state index contributed by atoms with van der Waals surface area (Å²) in [4.78, 5) is 34.9. The lowest BCUT2D eigenvalue weighted by atomic mass is 10.2. The second-order valence-electron chi connectivity index (χ2n) is 6.04. The minimum atomic E-state index is -0.581. The zero-order valence-electron chi connectivity index (χ0n) is 16.9. The predicted octanol–water partition coefficient (Wildman–Crippen LogP) is 3.45. The van der Waals surface area contributed by atoms with Gasteiger partial charge < -0.3 is 14.8 Å². The first-order chi connectivity index (χ1) is 15.4. The molecule has 2 aromatic carbocycles. The van der Waals surface area contributed by atoms with Crippen molar-refractivity contribution in [3.8, 4) is 11.5 Å². The Labute approximate surface area is 190 Å². The SMILES string of the molecule is COc1ccc(OC)c(NC(=O)CSc2nnc(NC(=O)c3cccc([N+](=O)[O-])c3)s2)c1. The molecule has 0 atom stereocenters. The topological polar surface area (TPSA) is 146 Å². The summed E-state index contributed by atoms with van der Waals surface area (Å²) >= 11 is 2.22. The standard InChI is InChI=1S/C19H17N5O6S2/c1-29-13-6-7-15(30-2)14(9-13)20-16(25)10-31-19-23-22-18(32-19)21-17(26)11-4-3-5-12(8-11)24(27)28/h3-9H,10H2,1-2H3,(H,20,25)(H,21,22,26). The van der Waals surface area contributed by atoms with Crippen LogP contribution in [0.1, 0.15) is 10.4 Å². The molecule has 0 saturated heterocycles. The van der Waals surface area contributed by atoms with Crippen LogP contribution in [0, 0.1) is 10.1 Å². The Kier molecular flexibility index (Phi) is 7.57. The molecule has 3 aromatic rings. The molecule has 0 unspecified atom stereocenters. The molecule has 1 aromatic heterocycles. The molecule has 0 radical (unpaired) electrons. The first-order valence-electron chi connectivity index (χ1n) is 8.93. The number of nitrogens with one attached hydrogen (secondary N) is 2. The van der Waals surface area contributed by atoms with E-state index in [0.717, 1.165) is 23.1 Å². The molecule has 3 rings (SSSR count). The zero-order chi connectivity index (χ0) is 23.1. The summed E-state index contributed by atoms with van der Waals surface area (Å²) in [5, 5.41) is 24.1. The number of rotatable bonds is 9. The number of nitro benzene ring substituents is 1. The number of carbonyl (C=O) groups is 2. The highest BCUT2D eigenvalue weighted by Gasteiger charge is 2.15. The monoisotopic (exact) mass is 475 g/mol. The fraction of sp³-hybridized carbons (Fsp3) is 0.158. The summed E-state index contributed by atoms with van der Waals surface area (Å²) in [5.41, 5.74) is 0.402. The molecule has 1 heterocycles. The van der Waals surface area contributed by atoms with Gasteiger partial charge in [0.05, 0.1) is 30.6 Å². The summed E-state index contributed by atoms with van der Waals surface area (Å²) in [7, 11) is 3.02. The fourth-order valence-corrected chi connectivity index (χ4v) is 4.02. The summed E-state index contributed by atoms with van der Waals surface area (Å²) in [6.45, 7) is 0. The molecule has 2 amide bonds. The van der Waals surface area contributed by atoms with E-state index in [4.69, 9.17) is 9.47 Å². The molecule has 32 heavy (non-hydrogen) atoms. The molecule has 0 saturated carbocycles. The number of methoxy groups -OCH3 is 2. The summed E-state index contributed by atoms with van der Waals surface area (Å²) in [5.74, 6) is 0.268. The van der Waals surface area contributed by atoms with Crippen LogP contribution in [0.25, 0.3) is 0 Å². The van der Waals surface area contributed by atoms with Gasteiger partial charge >= 0.3 is 0 Å². The Hall–Kier alpha value is -3.71. The van der Waals surface area contributed by atoms with Crippen molar-refractivity contribution >= 4 is 51.4 Å². The largest absolute Gasteiger partial charge is 0.497 e. The van der Waals surface area contributed by atoms with Crippen molar-refractivity contribution in [1.82, 2.24) is 10.2 Å². The zero-order valence-corrected chi connectivity index (χ0v) is 18.5. The van der Waals surface area contributed by atoms with Crippen molar-refractivity contribution in [2.45, 2.75) is 4.34 Å². The van der Waals surface area contributed by atoms with Gasteiger partial charge in [-0.25, -0.2) is 0 Å². The van der Waals surface area contributed by atoms with Crippen molar-refractivity contribution in [3.05, 3.63) is 58.1 Å². The first-order valence-corrected chi connectivity index (χ1v) is 10.7. The van der Waals surface area contributed by atoms with Gasteiger partial charge in [0.1, 0.15) is 11.5 Å². The first kappa shape index (κ1) is 23.0. The highest BCUT2D eigenvalue weighted by atomic mass is 32.2. The van der Waals surface area contributed by atoms with Crippen LogP contribution in [-0.2, 0) is 4.79 Å². The van der Waals surface area contributed by atoms with E-state index in [1.807, 2.05) is 0 Å². The molecular weight excluding hydrogens is 458 g/mol. The number of non-ortho nitro benzene ring substituents is 1. The molecule has 11 nitrogen and oxygen atoms in total. The molecule has 0 fully saturated rings. The van der Waals surface area contributed by atoms with Gasteiger partial charge in [0.2, 0.25) is 11.0 Å². The van der Waals surface area contributed by atoms with Crippen LogP contribution >= 0.6 is 23.1 Å². The normalized spacial score (nSPS) is 10.3. The van der Waals surface area contributed by atoms with Gasteiger partial charge in [0, 0.05) is 23.8 Å². The van der Waals surface area contributed by atoms with Crippen molar-refractivity contribution in [2.75, 3.05) is 30.6 Å². The lowest BCUT2D eigenvalue weighted by Gasteiger charge is -2.11. The number of hydrogen-bond donors (Lipinski definition) is 2. The van der Waals surface area contributed by atoms with E-state index in [2.05, 4.69) is 20.8 Å². The maximum Gasteiger partial charge on any atom is 0.270 e. The van der Waals surface area contributed by atoms with E-state index in [9.17, 15) is 19.7 Å². The van der Waals surface area contributed by atoms with Gasteiger partial charge in [-0.3, -0.25) is 25.0 Å². The number of carbonyl (C=O) groups excluding carboxylic acids is 2. The van der Waals surface area contributed by atoms with Crippen LogP contribution < -0.4 is 20.1 Å². The molecule has 0 aliphatic heterocycles. The number of amides is 2. The minimum absolute atomic E-state index is 0.0494. The van der Waals surface area contributed by atoms with E-state index in [0.29, 0.717) is 21.5 Å². The van der Waals surface area contributed by atoms with Crippen molar-refractivity contribution in [1.29, 1.82) is 0 Å². The number of anilines is 2. The van der Waals surface area contributed by atoms with E-state index in [1.54, 1.807) is 18.2 Å². The molecule has 0 spiro atoms. The number of nitro groups is 1. The van der Waals surface area contributed by atoms with Crippen LogP contribution in [0.5, 0.6) is 11.5 Å². The Morgan fingerprint density at radius 3 is 2.66 bits per heavy atom. The van der Waals surface area contributed by atoms with Gasteiger partial charge in [-0.2, -0.15) is 0 Å². The molecule has 13 heteroatoms. The number of ether oxygens (including phenoxy) is 2. The smallest absolute Gasteiger partial charge is 0.270 e. The van der Waals surface area contributed by atoms with Gasteiger partial charge in [-0.1, -0.05) is 29.2 Å². The second-order valence-corrected chi connectivity index (χ2v) is 8.24. The van der Waals surface area contributed by atoms with E-state index < -0.39 is 10.8 Å². The Morgan fingerprint density at radius 2 is 1.94 bits per heavy atom. The fourth-order valence-electron chi connectivity index (χ4n) is 2.47. The maximum atomic E-state index is 12.3. The van der Waals surface area contributed by atoms with Crippen LogP contribution in [0.4, 0.5) is 16.5 Å². The molecular formula is C19H17N5O6S2. The van der Waals surface area contributed by atoms with E-state index >= 15 is 0 Å². The lowest BCUT2D eigenvalue weighted by molar-refractivity contribution is -0.384. The Balaban J connectivity index is 1.56. The third kappa shape index (κ3) is 5.92. The Morgan fingerprint density at radius 1 is 1.12 bits per heavy atom. The number of nitrogens with zero attached hydrogens (tertiary/aromatic N) is 3. The van der Waals surface area contributed by atoms with Gasteiger partial charge in [0.25, 0.3) is 11.6 Å². The Bertz CT molecular complexity index is 1150. The number of aromatic nitrogens is 2. The molecule has 0 aliphatic rings. The van der Waals surface area contributed by atoms with Crippen LogP contribution in [0.15, 0.2) is 46.8 Å². The number of thioether (sulfide) groups is 1. The van der Waals surface area contributed by atoms with Crippen molar-refractivity contribution in [3.63, 3.8) is 0 Å². The van der Waals surface area contributed by atoms with E-state index in [1.165, 1.54) is 38.5 Å². The van der Waals surface area contributed by atoms with E-state index in [-0.39, 0.29) is 28.0 Å². The average Bonchev–Trinajstić information content (AvgIpc) is 3.24. The number of benzene rings is 2. The second kappa shape index (κ2) is 10.5. The summed E-state index contributed by atoms with van der Waals surface area (Å²) < 4.78 is 10.8. The van der Waals surface area contributed by atoms with Gasteiger partial charge in [-0.05, 0) is 18.2 Å². The summed E-state index contributed by atoms with van der Waals surface area (Å²) in [6.07, 6.45) is 0. The minimum Gasteiger partial charge on any atom is -0.497 e. The summed E-state index contributed by atoms with van der Waals surface area (Å²) in [6, 6.07) is 10.4. The maximum absolute atomic E-state index is 12.3. The predicted molar refractivity (Wildman–Crippen MR) is 120 cm³/mol. The highest BCUT2D eigenvalue weighted by molar-refractivity contribution is 8.01. The number of hydrogen-bond acceptors (Lipinski definition) is 10. The average molecular weight is 476 g/mol. The lowest BCUT2D eigenvalue weighted by Crippen LogP contribution is -2.14. The van der Waals surface area contributed by atoms with Crippen molar-refractivity contribution < 1.29 is 24.0 Å². The molecule has 0 bridgehead atoms. The molecule has 166 valence electrons. The molecule has 0 aliphatic carbocycles. The van der Waals surface area contributed by atoms with Crippen LogP contribution in [0.3, 0.4) is 0 Å². The highest BCUT2D eigenvalue weighted by Crippen LogP contribution is 2.30. The van der Waals surface area contributed by atoms with Crippen LogP contribution in [0.2, 0.25) is 0 Å². The molecule has 2 N–H and O–H groups in total. The van der Waals surface area contributed by atoms with Gasteiger partial charge in [-0.15, -0.1) is 10.2 Å². The quantitative estimate of drug-likeness (QED) is 0.206. The van der Waals surface area contributed by atoms with Crippen LogP contribution in [-0.4, -0.2) is 46.9 Å². The van der Waals surface area contributed by atoms with Crippen molar-refractivity contribution in [2.24, 2.45) is 0 Å². The third-order valence-corrected chi connectivity index (χ3v) is 5.93.